The molecular formula is C16H23N3OS. The predicted molar refractivity (Wildman–Crippen MR) is 90.4 cm³/mol. The van der Waals surface area contributed by atoms with Gasteiger partial charge in [-0.2, -0.15) is 0 Å². The molecule has 0 atom stereocenters. The summed E-state index contributed by atoms with van der Waals surface area (Å²) in [7, 11) is 0. The van der Waals surface area contributed by atoms with Gasteiger partial charge in [0, 0.05) is 12.1 Å². The number of nitrogens with two attached hydrogens (primary N) is 1. The Morgan fingerprint density at radius 2 is 2.14 bits per heavy atom. The Hall–Kier alpha value is -1.46. The molecule has 0 unspecified atom stereocenters. The second-order valence-electron chi connectivity index (χ2n) is 5.58. The molecular weight excluding hydrogens is 282 g/mol. The number of benzene rings is 1. The molecule has 114 valence electrons. The maximum Gasteiger partial charge on any atom is 0.238 e. The van der Waals surface area contributed by atoms with Crippen LogP contribution in [0.5, 0.6) is 0 Å². The zero-order chi connectivity index (χ0) is 15.2. The molecule has 0 radical (unpaired) electrons. The van der Waals surface area contributed by atoms with Crippen LogP contribution >= 0.6 is 12.2 Å². The highest BCUT2D eigenvalue weighted by Crippen LogP contribution is 2.27. The van der Waals surface area contributed by atoms with Crippen molar-refractivity contribution in [3.05, 3.63) is 29.8 Å². The minimum Gasteiger partial charge on any atom is -0.389 e. The SMILES string of the molecule is CCN(CC(=O)Nc1ccccc1C(N)=S)CC1CCC1. The molecule has 1 aliphatic carbocycles. The fraction of sp³-hybridized carbons (Fsp3) is 0.500. The molecule has 0 heterocycles. The maximum atomic E-state index is 12.2. The summed E-state index contributed by atoms with van der Waals surface area (Å²) in [6.45, 7) is 4.41. The number of rotatable bonds is 7. The van der Waals surface area contributed by atoms with Crippen molar-refractivity contribution in [2.75, 3.05) is 25.0 Å². The lowest BCUT2D eigenvalue weighted by Crippen LogP contribution is -2.38. The van der Waals surface area contributed by atoms with E-state index in [4.69, 9.17) is 18.0 Å². The van der Waals surface area contributed by atoms with Gasteiger partial charge in [0.25, 0.3) is 0 Å². The molecule has 0 aromatic heterocycles. The Bertz CT molecular complexity index is 514. The molecule has 1 aromatic carbocycles. The van der Waals surface area contributed by atoms with Crippen LogP contribution in [0.25, 0.3) is 0 Å². The number of carbonyl (C=O) groups is 1. The summed E-state index contributed by atoms with van der Waals surface area (Å²) in [5, 5.41) is 2.92. The van der Waals surface area contributed by atoms with E-state index in [2.05, 4.69) is 17.1 Å². The van der Waals surface area contributed by atoms with Crippen LogP contribution in [-0.4, -0.2) is 35.4 Å². The Morgan fingerprint density at radius 1 is 1.43 bits per heavy atom. The van der Waals surface area contributed by atoms with Crippen LogP contribution in [0, 0.1) is 5.92 Å². The molecule has 0 aliphatic heterocycles. The van der Waals surface area contributed by atoms with Crippen molar-refractivity contribution in [3.8, 4) is 0 Å². The Kier molecular flexibility index (Phi) is 5.70. The van der Waals surface area contributed by atoms with Gasteiger partial charge in [0.05, 0.1) is 12.2 Å². The average molecular weight is 305 g/mol. The number of para-hydroxylation sites is 1. The summed E-state index contributed by atoms with van der Waals surface area (Å²) >= 11 is 5.01. The molecule has 0 spiro atoms. The summed E-state index contributed by atoms with van der Waals surface area (Å²) in [4.78, 5) is 14.7. The van der Waals surface area contributed by atoms with E-state index in [-0.39, 0.29) is 5.91 Å². The first kappa shape index (κ1) is 15.9. The molecule has 2 rings (SSSR count). The molecule has 1 amide bonds. The number of nitrogens with zero attached hydrogens (tertiary/aromatic N) is 1. The molecule has 1 saturated carbocycles. The van der Waals surface area contributed by atoms with Crippen molar-refractivity contribution in [3.63, 3.8) is 0 Å². The molecule has 1 aromatic rings. The predicted octanol–water partition coefficient (Wildman–Crippen LogP) is 2.38. The Morgan fingerprint density at radius 3 is 2.71 bits per heavy atom. The van der Waals surface area contributed by atoms with Crippen LogP contribution in [0.1, 0.15) is 31.7 Å². The van der Waals surface area contributed by atoms with Gasteiger partial charge in [-0.05, 0) is 37.4 Å². The molecule has 1 fully saturated rings. The van der Waals surface area contributed by atoms with Gasteiger partial charge in [0.2, 0.25) is 5.91 Å². The second-order valence-corrected chi connectivity index (χ2v) is 6.02. The smallest absolute Gasteiger partial charge is 0.238 e. The zero-order valence-electron chi connectivity index (χ0n) is 12.5. The van der Waals surface area contributed by atoms with Crippen LogP contribution < -0.4 is 11.1 Å². The summed E-state index contributed by atoms with van der Waals surface area (Å²) in [5.74, 6) is 0.751. The van der Waals surface area contributed by atoms with Gasteiger partial charge in [-0.15, -0.1) is 0 Å². The fourth-order valence-electron chi connectivity index (χ4n) is 2.55. The van der Waals surface area contributed by atoms with E-state index in [9.17, 15) is 4.79 Å². The van der Waals surface area contributed by atoms with Crippen molar-refractivity contribution in [1.82, 2.24) is 4.90 Å². The largest absolute Gasteiger partial charge is 0.389 e. The minimum absolute atomic E-state index is 0.0140. The van der Waals surface area contributed by atoms with E-state index in [1.54, 1.807) is 0 Å². The number of thiocarbonyl (C=S) groups is 1. The van der Waals surface area contributed by atoms with Gasteiger partial charge in [-0.1, -0.05) is 37.7 Å². The molecule has 5 heteroatoms. The summed E-state index contributed by atoms with van der Waals surface area (Å²) < 4.78 is 0. The third kappa shape index (κ3) is 4.51. The lowest BCUT2D eigenvalue weighted by molar-refractivity contribution is -0.117. The van der Waals surface area contributed by atoms with Crippen molar-refractivity contribution < 1.29 is 4.79 Å². The second kappa shape index (κ2) is 7.52. The quantitative estimate of drug-likeness (QED) is 0.759. The lowest BCUT2D eigenvalue weighted by atomic mass is 9.85. The van der Waals surface area contributed by atoms with Crippen LogP contribution in [-0.2, 0) is 4.79 Å². The zero-order valence-corrected chi connectivity index (χ0v) is 13.3. The standard InChI is InChI=1S/C16H23N3OS/c1-2-19(10-12-6-5-7-12)11-15(20)18-14-9-4-3-8-13(14)16(17)21/h3-4,8-9,12H,2,5-7,10-11H2,1H3,(H2,17,21)(H,18,20). The van der Waals surface area contributed by atoms with Crippen molar-refractivity contribution in [1.29, 1.82) is 0 Å². The van der Waals surface area contributed by atoms with Crippen molar-refractivity contribution >= 4 is 28.8 Å². The Labute approximate surface area is 131 Å². The van der Waals surface area contributed by atoms with E-state index in [1.807, 2.05) is 24.3 Å². The maximum absolute atomic E-state index is 12.2. The number of nitrogens with one attached hydrogen (secondary N) is 1. The first-order chi connectivity index (χ1) is 10.1. The van der Waals surface area contributed by atoms with Gasteiger partial charge in [-0.3, -0.25) is 9.69 Å². The lowest BCUT2D eigenvalue weighted by Gasteiger charge is -2.31. The van der Waals surface area contributed by atoms with E-state index in [1.165, 1.54) is 19.3 Å². The molecule has 3 N–H and O–H groups in total. The van der Waals surface area contributed by atoms with E-state index >= 15 is 0 Å². The number of amides is 1. The normalized spacial score (nSPS) is 14.8. The summed E-state index contributed by atoms with van der Waals surface area (Å²) in [6.07, 6.45) is 3.92. The van der Waals surface area contributed by atoms with E-state index in [0.717, 1.165) is 19.0 Å². The summed E-state index contributed by atoms with van der Waals surface area (Å²) in [5.41, 5.74) is 7.08. The number of likely N-dealkylation sites (N-methyl/N-ethyl adjacent to an activating group) is 1. The van der Waals surface area contributed by atoms with Crippen molar-refractivity contribution in [2.24, 2.45) is 11.7 Å². The summed E-state index contributed by atoms with van der Waals surface area (Å²) in [6, 6.07) is 7.38. The molecule has 1 aliphatic rings. The van der Waals surface area contributed by atoms with Gasteiger partial charge >= 0.3 is 0 Å². The van der Waals surface area contributed by atoms with Gasteiger partial charge < -0.3 is 11.1 Å². The van der Waals surface area contributed by atoms with Crippen LogP contribution in [0.15, 0.2) is 24.3 Å². The Balaban J connectivity index is 1.92. The van der Waals surface area contributed by atoms with Gasteiger partial charge in [0.1, 0.15) is 4.99 Å². The molecule has 4 nitrogen and oxygen atoms in total. The average Bonchev–Trinajstić information content (AvgIpc) is 2.41. The molecule has 21 heavy (non-hydrogen) atoms. The van der Waals surface area contributed by atoms with E-state index < -0.39 is 0 Å². The van der Waals surface area contributed by atoms with Crippen LogP contribution in [0.4, 0.5) is 5.69 Å². The number of carbonyl (C=O) groups excluding carboxylic acids is 1. The topological polar surface area (TPSA) is 58.4 Å². The number of hydrogen-bond acceptors (Lipinski definition) is 3. The molecule has 0 bridgehead atoms. The molecule has 0 saturated heterocycles. The van der Waals surface area contributed by atoms with E-state index in [0.29, 0.717) is 22.8 Å². The van der Waals surface area contributed by atoms with Crippen LogP contribution in [0.3, 0.4) is 0 Å². The van der Waals surface area contributed by atoms with Crippen molar-refractivity contribution in [2.45, 2.75) is 26.2 Å². The third-order valence-corrected chi connectivity index (χ3v) is 4.24. The van der Waals surface area contributed by atoms with Gasteiger partial charge in [0.15, 0.2) is 0 Å². The first-order valence-corrected chi connectivity index (χ1v) is 7.92. The first-order valence-electron chi connectivity index (χ1n) is 7.51. The number of hydrogen-bond donors (Lipinski definition) is 2. The minimum atomic E-state index is -0.0140. The highest BCUT2D eigenvalue weighted by molar-refractivity contribution is 7.80. The fourth-order valence-corrected chi connectivity index (χ4v) is 2.72. The number of anilines is 1. The monoisotopic (exact) mass is 305 g/mol. The van der Waals surface area contributed by atoms with Crippen LogP contribution in [0.2, 0.25) is 0 Å². The van der Waals surface area contributed by atoms with Gasteiger partial charge in [-0.25, -0.2) is 0 Å². The highest BCUT2D eigenvalue weighted by atomic mass is 32.1. The highest BCUT2D eigenvalue weighted by Gasteiger charge is 2.21. The third-order valence-electron chi connectivity index (χ3n) is 4.02.